The highest BCUT2D eigenvalue weighted by molar-refractivity contribution is 6.30. The Hall–Kier alpha value is -0.800. The molecule has 1 saturated heterocycles. The minimum atomic E-state index is -0.181. The Bertz CT molecular complexity index is 425. The van der Waals surface area contributed by atoms with Crippen LogP contribution in [-0.2, 0) is 0 Å². The standard InChI is InChI=1S/C15H22ClFN2/c1-3-5-12-10-19(13(4-2)9-18-12)15-8-11(16)6-7-14(15)17/h6-8,12-13,18H,3-5,9-10H2,1-2H3. The molecule has 1 aromatic carbocycles. The van der Waals surface area contributed by atoms with Gasteiger partial charge in [-0.05, 0) is 31.0 Å². The third-order valence-corrected chi connectivity index (χ3v) is 4.06. The van der Waals surface area contributed by atoms with E-state index in [4.69, 9.17) is 11.6 Å². The molecule has 0 bridgehead atoms. The minimum Gasteiger partial charge on any atom is -0.363 e. The van der Waals surface area contributed by atoms with E-state index in [-0.39, 0.29) is 5.82 Å². The summed E-state index contributed by atoms with van der Waals surface area (Å²) in [5.41, 5.74) is 0.641. The Balaban J connectivity index is 2.24. The lowest BCUT2D eigenvalue weighted by Gasteiger charge is -2.42. The molecule has 2 atom stereocenters. The van der Waals surface area contributed by atoms with Crippen LogP contribution in [0.1, 0.15) is 33.1 Å². The third-order valence-electron chi connectivity index (χ3n) is 3.83. The van der Waals surface area contributed by atoms with Crippen LogP contribution in [0.5, 0.6) is 0 Å². The van der Waals surface area contributed by atoms with Crippen LogP contribution >= 0.6 is 11.6 Å². The molecule has 1 N–H and O–H groups in total. The number of nitrogens with one attached hydrogen (secondary N) is 1. The number of anilines is 1. The first-order valence-electron chi connectivity index (χ1n) is 7.10. The summed E-state index contributed by atoms with van der Waals surface area (Å²) in [7, 11) is 0. The van der Waals surface area contributed by atoms with Gasteiger partial charge in [0.1, 0.15) is 5.82 Å². The lowest BCUT2D eigenvalue weighted by molar-refractivity contribution is 0.366. The van der Waals surface area contributed by atoms with Gasteiger partial charge in [-0.1, -0.05) is 31.9 Å². The Morgan fingerprint density at radius 2 is 2.21 bits per heavy atom. The van der Waals surface area contributed by atoms with Gasteiger partial charge >= 0.3 is 0 Å². The fraction of sp³-hybridized carbons (Fsp3) is 0.600. The summed E-state index contributed by atoms with van der Waals surface area (Å²) in [6.07, 6.45) is 3.26. The second kappa shape index (κ2) is 6.58. The van der Waals surface area contributed by atoms with Crippen LogP contribution in [0.25, 0.3) is 0 Å². The van der Waals surface area contributed by atoms with Gasteiger partial charge in [0.25, 0.3) is 0 Å². The normalized spacial score (nSPS) is 23.7. The topological polar surface area (TPSA) is 15.3 Å². The zero-order valence-electron chi connectivity index (χ0n) is 11.6. The molecule has 2 rings (SSSR count). The van der Waals surface area contributed by atoms with Crippen molar-refractivity contribution < 1.29 is 4.39 Å². The number of rotatable bonds is 4. The second-order valence-electron chi connectivity index (χ2n) is 5.20. The smallest absolute Gasteiger partial charge is 0.146 e. The summed E-state index contributed by atoms with van der Waals surface area (Å²) in [4.78, 5) is 2.18. The zero-order chi connectivity index (χ0) is 13.8. The van der Waals surface area contributed by atoms with Crippen molar-refractivity contribution in [2.24, 2.45) is 0 Å². The van der Waals surface area contributed by atoms with E-state index in [9.17, 15) is 4.39 Å². The van der Waals surface area contributed by atoms with Gasteiger partial charge in [0.15, 0.2) is 0 Å². The van der Waals surface area contributed by atoms with Gasteiger partial charge in [0.05, 0.1) is 5.69 Å². The molecule has 19 heavy (non-hydrogen) atoms. The maximum atomic E-state index is 14.1. The van der Waals surface area contributed by atoms with E-state index in [1.165, 1.54) is 6.07 Å². The summed E-state index contributed by atoms with van der Waals surface area (Å²) < 4.78 is 14.1. The van der Waals surface area contributed by atoms with Crippen LogP contribution in [0.15, 0.2) is 18.2 Å². The Morgan fingerprint density at radius 1 is 1.42 bits per heavy atom. The van der Waals surface area contributed by atoms with Crippen molar-refractivity contribution in [3.8, 4) is 0 Å². The summed E-state index contributed by atoms with van der Waals surface area (Å²) in [5.74, 6) is -0.181. The van der Waals surface area contributed by atoms with E-state index in [1.54, 1.807) is 12.1 Å². The van der Waals surface area contributed by atoms with Gasteiger partial charge in [-0.2, -0.15) is 0 Å². The predicted molar refractivity (Wildman–Crippen MR) is 79.5 cm³/mol. The third kappa shape index (κ3) is 3.40. The summed E-state index contributed by atoms with van der Waals surface area (Å²) in [6, 6.07) is 5.58. The Kier molecular flexibility index (Phi) is 5.06. The largest absolute Gasteiger partial charge is 0.363 e. The molecule has 1 aliphatic heterocycles. The van der Waals surface area contributed by atoms with Gasteiger partial charge in [-0.3, -0.25) is 0 Å². The molecule has 4 heteroatoms. The van der Waals surface area contributed by atoms with Crippen LogP contribution in [0.4, 0.5) is 10.1 Å². The maximum Gasteiger partial charge on any atom is 0.146 e. The van der Waals surface area contributed by atoms with E-state index >= 15 is 0 Å². The highest BCUT2D eigenvalue weighted by atomic mass is 35.5. The fourth-order valence-electron chi connectivity index (χ4n) is 2.77. The van der Waals surface area contributed by atoms with Gasteiger partial charge in [-0.25, -0.2) is 4.39 Å². The number of piperazine rings is 1. The van der Waals surface area contributed by atoms with Crippen LogP contribution in [0.3, 0.4) is 0 Å². The highest BCUT2D eigenvalue weighted by Gasteiger charge is 2.28. The van der Waals surface area contributed by atoms with E-state index in [0.29, 0.717) is 22.8 Å². The number of hydrogen-bond donors (Lipinski definition) is 1. The molecular weight excluding hydrogens is 263 g/mol. The first kappa shape index (κ1) is 14.6. The number of halogens is 2. The number of nitrogens with zero attached hydrogens (tertiary/aromatic N) is 1. The first-order chi connectivity index (χ1) is 9.15. The molecule has 1 fully saturated rings. The van der Waals surface area contributed by atoms with Crippen molar-refractivity contribution in [1.29, 1.82) is 0 Å². The van der Waals surface area contributed by atoms with Crippen LogP contribution in [0, 0.1) is 5.82 Å². The SMILES string of the molecule is CCCC1CN(c2cc(Cl)ccc2F)C(CC)CN1. The molecule has 0 aromatic heterocycles. The molecule has 0 saturated carbocycles. The average molecular weight is 285 g/mol. The lowest BCUT2D eigenvalue weighted by Crippen LogP contribution is -2.56. The summed E-state index contributed by atoms with van der Waals surface area (Å²) in [6.45, 7) is 6.08. The maximum absolute atomic E-state index is 14.1. The molecule has 2 nitrogen and oxygen atoms in total. The van der Waals surface area contributed by atoms with Crippen LogP contribution < -0.4 is 10.2 Å². The van der Waals surface area contributed by atoms with Crippen molar-refractivity contribution in [2.45, 2.75) is 45.2 Å². The molecule has 1 aliphatic rings. The molecule has 106 valence electrons. The molecule has 0 amide bonds. The zero-order valence-corrected chi connectivity index (χ0v) is 12.4. The highest BCUT2D eigenvalue weighted by Crippen LogP contribution is 2.28. The van der Waals surface area contributed by atoms with Gasteiger partial charge < -0.3 is 10.2 Å². The molecule has 0 spiro atoms. The molecule has 1 heterocycles. The van der Waals surface area contributed by atoms with Gasteiger partial charge in [-0.15, -0.1) is 0 Å². The molecule has 0 radical (unpaired) electrons. The van der Waals surface area contributed by atoms with Crippen molar-refractivity contribution in [1.82, 2.24) is 5.32 Å². The second-order valence-corrected chi connectivity index (χ2v) is 5.64. The van der Waals surface area contributed by atoms with E-state index in [2.05, 4.69) is 24.1 Å². The van der Waals surface area contributed by atoms with Crippen molar-refractivity contribution in [2.75, 3.05) is 18.0 Å². The van der Waals surface area contributed by atoms with Gasteiger partial charge in [0.2, 0.25) is 0 Å². The van der Waals surface area contributed by atoms with Crippen LogP contribution in [0.2, 0.25) is 5.02 Å². The molecule has 1 aromatic rings. The Labute approximate surface area is 119 Å². The quantitative estimate of drug-likeness (QED) is 0.904. The van der Waals surface area contributed by atoms with E-state index < -0.39 is 0 Å². The van der Waals surface area contributed by atoms with Crippen molar-refractivity contribution in [3.63, 3.8) is 0 Å². The van der Waals surface area contributed by atoms with Crippen molar-refractivity contribution >= 4 is 17.3 Å². The van der Waals surface area contributed by atoms with Crippen LogP contribution in [-0.4, -0.2) is 25.2 Å². The average Bonchev–Trinajstić information content (AvgIpc) is 2.42. The monoisotopic (exact) mass is 284 g/mol. The first-order valence-corrected chi connectivity index (χ1v) is 7.48. The lowest BCUT2D eigenvalue weighted by atomic mass is 10.0. The number of benzene rings is 1. The fourth-order valence-corrected chi connectivity index (χ4v) is 2.94. The minimum absolute atomic E-state index is 0.181. The molecule has 2 unspecified atom stereocenters. The number of hydrogen-bond acceptors (Lipinski definition) is 2. The summed E-state index contributed by atoms with van der Waals surface area (Å²) >= 11 is 6.02. The van der Waals surface area contributed by atoms with Crippen molar-refractivity contribution in [3.05, 3.63) is 29.0 Å². The van der Waals surface area contributed by atoms with E-state index in [0.717, 1.165) is 32.4 Å². The molecule has 0 aliphatic carbocycles. The molecular formula is C15H22ClFN2. The van der Waals surface area contributed by atoms with Gasteiger partial charge in [0, 0.05) is 30.2 Å². The van der Waals surface area contributed by atoms with E-state index in [1.807, 2.05) is 0 Å². The summed E-state index contributed by atoms with van der Waals surface area (Å²) in [5, 5.41) is 4.15. The Morgan fingerprint density at radius 3 is 2.89 bits per heavy atom. The predicted octanol–water partition coefficient (Wildman–Crippen LogP) is 3.84.